The van der Waals surface area contributed by atoms with Crippen LogP contribution < -0.4 is 14.8 Å². The molecule has 27 heavy (non-hydrogen) atoms. The van der Waals surface area contributed by atoms with Crippen molar-refractivity contribution in [2.45, 2.75) is 17.7 Å². The summed E-state index contributed by atoms with van der Waals surface area (Å²) in [4.78, 5) is 12.4. The molecule has 1 amide bonds. The fourth-order valence-corrected chi connectivity index (χ4v) is 3.55. The second kappa shape index (κ2) is 7.98. The molecule has 1 aliphatic heterocycles. The SMILES string of the molecule is CN(C)S(=O)(=O)c1ccc(NC(=O)CCc2ccc3c(c2)OCCO3)cc1. The van der Waals surface area contributed by atoms with E-state index >= 15 is 0 Å². The summed E-state index contributed by atoms with van der Waals surface area (Å²) in [5.74, 6) is 1.28. The van der Waals surface area contributed by atoms with Gasteiger partial charge in [0, 0.05) is 26.2 Å². The first kappa shape index (κ1) is 19.2. The molecule has 144 valence electrons. The van der Waals surface area contributed by atoms with Crippen LogP contribution in [0.1, 0.15) is 12.0 Å². The summed E-state index contributed by atoms with van der Waals surface area (Å²) in [6.45, 7) is 1.07. The van der Waals surface area contributed by atoms with Crippen molar-refractivity contribution < 1.29 is 22.7 Å². The fourth-order valence-electron chi connectivity index (χ4n) is 2.65. The van der Waals surface area contributed by atoms with Gasteiger partial charge in [0.2, 0.25) is 15.9 Å². The van der Waals surface area contributed by atoms with Gasteiger partial charge in [-0.1, -0.05) is 6.07 Å². The van der Waals surface area contributed by atoms with Gasteiger partial charge in [-0.2, -0.15) is 0 Å². The Morgan fingerprint density at radius 3 is 2.37 bits per heavy atom. The summed E-state index contributed by atoms with van der Waals surface area (Å²) in [6.07, 6.45) is 0.868. The molecule has 0 aromatic heterocycles. The Morgan fingerprint density at radius 2 is 1.70 bits per heavy atom. The van der Waals surface area contributed by atoms with Crippen LogP contribution in [0.3, 0.4) is 0 Å². The third-order valence-corrected chi connectivity index (χ3v) is 5.99. The number of ether oxygens (including phenoxy) is 2. The highest BCUT2D eigenvalue weighted by atomic mass is 32.2. The molecule has 0 unspecified atom stereocenters. The quantitative estimate of drug-likeness (QED) is 0.818. The van der Waals surface area contributed by atoms with Crippen LogP contribution in [-0.2, 0) is 21.2 Å². The Balaban J connectivity index is 1.56. The lowest BCUT2D eigenvalue weighted by Crippen LogP contribution is -2.22. The van der Waals surface area contributed by atoms with Crippen LogP contribution >= 0.6 is 0 Å². The monoisotopic (exact) mass is 390 g/mol. The van der Waals surface area contributed by atoms with E-state index in [1.807, 2.05) is 18.2 Å². The van der Waals surface area contributed by atoms with Crippen molar-refractivity contribution in [2.75, 3.05) is 32.6 Å². The van der Waals surface area contributed by atoms with Gasteiger partial charge in [-0.15, -0.1) is 0 Å². The first-order valence-electron chi connectivity index (χ1n) is 8.57. The maximum Gasteiger partial charge on any atom is 0.242 e. The third-order valence-electron chi connectivity index (χ3n) is 4.16. The molecule has 2 aromatic carbocycles. The lowest BCUT2D eigenvalue weighted by Gasteiger charge is -2.18. The Hall–Kier alpha value is -2.58. The van der Waals surface area contributed by atoms with E-state index in [2.05, 4.69) is 5.32 Å². The molecule has 0 bridgehead atoms. The summed E-state index contributed by atoms with van der Waals surface area (Å²) in [5.41, 5.74) is 1.54. The molecular formula is C19H22N2O5S. The number of carbonyl (C=O) groups excluding carboxylic acids is 1. The van der Waals surface area contributed by atoms with Gasteiger partial charge in [0.15, 0.2) is 11.5 Å². The number of sulfonamides is 1. The van der Waals surface area contributed by atoms with Gasteiger partial charge in [-0.25, -0.2) is 12.7 Å². The molecule has 3 rings (SSSR count). The minimum Gasteiger partial charge on any atom is -0.486 e. The molecule has 1 N–H and O–H groups in total. The highest BCUT2D eigenvalue weighted by molar-refractivity contribution is 7.89. The first-order chi connectivity index (χ1) is 12.9. The van der Waals surface area contributed by atoms with Crippen molar-refractivity contribution in [2.24, 2.45) is 0 Å². The fraction of sp³-hybridized carbons (Fsp3) is 0.316. The van der Waals surface area contributed by atoms with Gasteiger partial charge in [0.05, 0.1) is 4.90 Å². The van der Waals surface area contributed by atoms with Crippen LogP contribution in [-0.4, -0.2) is 45.9 Å². The summed E-state index contributed by atoms with van der Waals surface area (Å²) in [7, 11) is -0.527. The minimum absolute atomic E-state index is 0.145. The largest absolute Gasteiger partial charge is 0.486 e. The number of carbonyl (C=O) groups is 1. The van der Waals surface area contributed by atoms with E-state index in [4.69, 9.17) is 9.47 Å². The van der Waals surface area contributed by atoms with Gasteiger partial charge in [-0.05, 0) is 48.4 Å². The van der Waals surface area contributed by atoms with Gasteiger partial charge < -0.3 is 14.8 Å². The average molecular weight is 390 g/mol. The van der Waals surface area contributed by atoms with Crippen molar-refractivity contribution >= 4 is 21.6 Å². The van der Waals surface area contributed by atoms with Gasteiger partial charge in [-0.3, -0.25) is 4.79 Å². The number of anilines is 1. The van der Waals surface area contributed by atoms with E-state index in [9.17, 15) is 13.2 Å². The standard InChI is InChI=1S/C19H22N2O5S/c1-21(2)27(23,24)16-7-5-15(6-8-16)20-19(22)10-4-14-3-9-17-18(13-14)26-12-11-25-17/h3,5-9,13H,4,10-12H2,1-2H3,(H,20,22). The van der Waals surface area contributed by atoms with E-state index in [1.54, 1.807) is 12.1 Å². The molecule has 8 heteroatoms. The Bertz CT molecular complexity index is 924. The number of rotatable bonds is 6. The highest BCUT2D eigenvalue weighted by Gasteiger charge is 2.17. The minimum atomic E-state index is -3.48. The summed E-state index contributed by atoms with van der Waals surface area (Å²) < 4.78 is 36.3. The number of benzene rings is 2. The van der Waals surface area contributed by atoms with Gasteiger partial charge in [0.25, 0.3) is 0 Å². The van der Waals surface area contributed by atoms with Crippen molar-refractivity contribution in [1.29, 1.82) is 0 Å². The molecule has 0 saturated carbocycles. The zero-order chi connectivity index (χ0) is 19.4. The average Bonchev–Trinajstić information content (AvgIpc) is 2.66. The molecule has 0 aliphatic carbocycles. The second-order valence-electron chi connectivity index (χ2n) is 6.34. The molecule has 0 fully saturated rings. The summed E-state index contributed by atoms with van der Waals surface area (Å²) >= 11 is 0. The molecule has 1 aliphatic rings. The normalized spacial score (nSPS) is 13.4. The van der Waals surface area contributed by atoms with Crippen LogP contribution in [0.4, 0.5) is 5.69 Å². The molecule has 7 nitrogen and oxygen atoms in total. The number of amides is 1. The van der Waals surface area contributed by atoms with E-state index in [0.29, 0.717) is 37.5 Å². The Morgan fingerprint density at radius 1 is 1.04 bits per heavy atom. The molecule has 2 aromatic rings. The number of nitrogens with zero attached hydrogens (tertiary/aromatic N) is 1. The van der Waals surface area contributed by atoms with Crippen LogP contribution in [0, 0.1) is 0 Å². The first-order valence-corrected chi connectivity index (χ1v) is 10.0. The molecule has 0 spiro atoms. The smallest absolute Gasteiger partial charge is 0.242 e. The van der Waals surface area contributed by atoms with Crippen LogP contribution in [0.2, 0.25) is 0 Å². The van der Waals surface area contributed by atoms with Crippen LogP contribution in [0.15, 0.2) is 47.4 Å². The van der Waals surface area contributed by atoms with E-state index in [0.717, 1.165) is 15.6 Å². The summed E-state index contributed by atoms with van der Waals surface area (Å²) in [5, 5.41) is 2.78. The van der Waals surface area contributed by atoms with Crippen molar-refractivity contribution in [3.8, 4) is 11.5 Å². The molecule has 1 heterocycles. The van der Waals surface area contributed by atoms with Crippen molar-refractivity contribution in [3.05, 3.63) is 48.0 Å². The maximum absolute atomic E-state index is 12.2. The number of hydrogen-bond acceptors (Lipinski definition) is 5. The van der Waals surface area contributed by atoms with Crippen molar-refractivity contribution in [1.82, 2.24) is 4.31 Å². The topological polar surface area (TPSA) is 84.9 Å². The Kier molecular flexibility index (Phi) is 5.67. The van der Waals surface area contributed by atoms with Crippen molar-refractivity contribution in [3.63, 3.8) is 0 Å². The van der Waals surface area contributed by atoms with E-state index in [-0.39, 0.29) is 10.8 Å². The number of hydrogen-bond donors (Lipinski definition) is 1. The number of fused-ring (bicyclic) bond motifs is 1. The highest BCUT2D eigenvalue weighted by Crippen LogP contribution is 2.31. The van der Waals surface area contributed by atoms with E-state index in [1.165, 1.54) is 26.2 Å². The molecule has 0 radical (unpaired) electrons. The number of aryl methyl sites for hydroxylation is 1. The lowest BCUT2D eigenvalue weighted by molar-refractivity contribution is -0.116. The van der Waals surface area contributed by atoms with E-state index < -0.39 is 10.0 Å². The third kappa shape index (κ3) is 4.58. The predicted molar refractivity (Wildman–Crippen MR) is 102 cm³/mol. The second-order valence-corrected chi connectivity index (χ2v) is 8.49. The Labute approximate surface area is 158 Å². The van der Waals surface area contributed by atoms with Crippen LogP contribution in [0.5, 0.6) is 11.5 Å². The molecule has 0 atom stereocenters. The number of nitrogens with one attached hydrogen (secondary N) is 1. The lowest BCUT2D eigenvalue weighted by atomic mass is 10.1. The maximum atomic E-state index is 12.2. The van der Waals surface area contributed by atoms with Crippen LogP contribution in [0.25, 0.3) is 0 Å². The molecule has 0 saturated heterocycles. The predicted octanol–water partition coefficient (Wildman–Crippen LogP) is 2.28. The molecular weight excluding hydrogens is 368 g/mol. The van der Waals surface area contributed by atoms with Gasteiger partial charge >= 0.3 is 0 Å². The zero-order valence-electron chi connectivity index (χ0n) is 15.3. The zero-order valence-corrected chi connectivity index (χ0v) is 16.1. The van der Waals surface area contributed by atoms with Gasteiger partial charge in [0.1, 0.15) is 13.2 Å². The summed E-state index contributed by atoms with van der Waals surface area (Å²) in [6, 6.07) is 11.8.